The van der Waals surface area contributed by atoms with Crippen LogP contribution in [-0.2, 0) is 14.4 Å². The average Bonchev–Trinajstić information content (AvgIpc) is 3.30. The summed E-state index contributed by atoms with van der Waals surface area (Å²) in [6, 6.07) is -1.65. The summed E-state index contributed by atoms with van der Waals surface area (Å²) < 4.78 is 1.57. The first-order valence-electron chi connectivity index (χ1n) is 11.6. The predicted molar refractivity (Wildman–Crippen MR) is 116 cm³/mol. The molecule has 1 aromatic heterocycles. The van der Waals surface area contributed by atoms with Crippen LogP contribution in [0.4, 0.5) is 0 Å². The molecule has 3 atom stereocenters. The molecule has 4 rings (SSSR count). The molecule has 2 aliphatic carbocycles. The zero-order valence-corrected chi connectivity index (χ0v) is 19.4. The van der Waals surface area contributed by atoms with Gasteiger partial charge >= 0.3 is 0 Å². The molecule has 1 aliphatic heterocycles. The minimum Gasteiger partial charge on any atom is -0.396 e. The fourth-order valence-corrected chi connectivity index (χ4v) is 5.07. The molecule has 182 valence electrons. The quantitative estimate of drug-likeness (QED) is 0.422. The SMILES string of the molecule is CC(C)(C)[C@@H](C(=O)N1C[C@H](O)C[C@H]1C(=O)NC1(C(N)=O)CC(CO)C1)n1cc(C2CC2)nn1. The Bertz CT molecular complexity index is 930. The number of nitrogens with one attached hydrogen (secondary N) is 1. The molecule has 2 saturated carbocycles. The molecule has 3 aliphatic rings. The molecule has 3 amide bonds. The number of aliphatic hydroxyl groups excluding tert-OH is 2. The van der Waals surface area contributed by atoms with Crippen molar-refractivity contribution in [3.63, 3.8) is 0 Å². The van der Waals surface area contributed by atoms with Crippen LogP contribution < -0.4 is 11.1 Å². The Balaban J connectivity index is 1.55. The number of hydrogen-bond acceptors (Lipinski definition) is 7. The van der Waals surface area contributed by atoms with E-state index < -0.39 is 41.0 Å². The van der Waals surface area contributed by atoms with Gasteiger partial charge in [-0.05, 0) is 37.0 Å². The summed E-state index contributed by atoms with van der Waals surface area (Å²) in [6.45, 7) is 5.67. The highest BCUT2D eigenvalue weighted by molar-refractivity contribution is 5.95. The van der Waals surface area contributed by atoms with Gasteiger partial charge in [0.25, 0.3) is 0 Å². The zero-order chi connectivity index (χ0) is 24.1. The molecule has 2 heterocycles. The van der Waals surface area contributed by atoms with Crippen molar-refractivity contribution in [3.8, 4) is 0 Å². The number of primary amides is 1. The standard InChI is InChI=1S/C22H34N6O5/c1-21(2,3)17(28-10-15(25-26-28)13-4-5-13)19(32)27-9-14(30)6-16(27)18(31)24-22(20(23)33)7-12(8-22)11-29/h10,12-14,16-17,29-30H,4-9,11H2,1-3H3,(H2,23,33)(H,24,31)/t12?,14-,16+,17-,22?/m1/s1. The van der Waals surface area contributed by atoms with E-state index in [4.69, 9.17) is 5.73 Å². The minimum atomic E-state index is -1.23. The van der Waals surface area contributed by atoms with Crippen LogP contribution in [0, 0.1) is 11.3 Å². The monoisotopic (exact) mass is 462 g/mol. The Morgan fingerprint density at radius 1 is 1.30 bits per heavy atom. The average molecular weight is 463 g/mol. The van der Waals surface area contributed by atoms with Gasteiger partial charge in [-0.15, -0.1) is 5.10 Å². The van der Waals surface area contributed by atoms with Crippen LogP contribution in [0.25, 0.3) is 0 Å². The van der Waals surface area contributed by atoms with Crippen LogP contribution in [-0.4, -0.2) is 78.7 Å². The zero-order valence-electron chi connectivity index (χ0n) is 19.4. The van der Waals surface area contributed by atoms with Crippen molar-refractivity contribution in [3.05, 3.63) is 11.9 Å². The Morgan fingerprint density at radius 3 is 2.52 bits per heavy atom. The van der Waals surface area contributed by atoms with Crippen molar-refractivity contribution in [2.45, 2.75) is 82.5 Å². The first-order valence-corrected chi connectivity index (χ1v) is 11.6. The van der Waals surface area contributed by atoms with E-state index in [1.165, 1.54) is 4.90 Å². The van der Waals surface area contributed by atoms with Gasteiger partial charge in [0.15, 0.2) is 0 Å². The number of rotatable bonds is 7. The molecule has 1 aromatic rings. The minimum absolute atomic E-state index is 0.0104. The number of carbonyl (C=O) groups is 3. The van der Waals surface area contributed by atoms with Crippen molar-refractivity contribution < 1.29 is 24.6 Å². The van der Waals surface area contributed by atoms with Crippen molar-refractivity contribution in [2.24, 2.45) is 17.1 Å². The van der Waals surface area contributed by atoms with E-state index >= 15 is 0 Å². The summed E-state index contributed by atoms with van der Waals surface area (Å²) in [5, 5.41) is 30.8. The number of hydrogen-bond donors (Lipinski definition) is 4. The molecule has 0 radical (unpaired) electrons. The maximum absolute atomic E-state index is 13.8. The molecular weight excluding hydrogens is 428 g/mol. The van der Waals surface area contributed by atoms with Crippen LogP contribution in [0.1, 0.15) is 70.5 Å². The molecule has 3 fully saturated rings. The normalized spacial score (nSPS) is 30.6. The molecule has 0 unspecified atom stereocenters. The van der Waals surface area contributed by atoms with E-state index in [2.05, 4.69) is 15.6 Å². The fourth-order valence-electron chi connectivity index (χ4n) is 5.07. The maximum atomic E-state index is 13.8. The first-order chi connectivity index (χ1) is 15.4. The van der Waals surface area contributed by atoms with Gasteiger partial charge in [0.1, 0.15) is 17.6 Å². The van der Waals surface area contributed by atoms with Crippen LogP contribution >= 0.6 is 0 Å². The number of nitrogens with zero attached hydrogens (tertiary/aromatic N) is 4. The highest BCUT2D eigenvalue weighted by Crippen LogP contribution is 2.41. The second kappa shape index (κ2) is 8.35. The number of nitrogens with two attached hydrogens (primary N) is 1. The van der Waals surface area contributed by atoms with Gasteiger partial charge in [0, 0.05) is 31.7 Å². The van der Waals surface area contributed by atoms with E-state index in [1.807, 2.05) is 20.8 Å². The summed E-state index contributed by atoms with van der Waals surface area (Å²) in [7, 11) is 0. The molecule has 11 heteroatoms. The number of aliphatic hydroxyl groups is 2. The van der Waals surface area contributed by atoms with Gasteiger partial charge in [0.2, 0.25) is 17.7 Å². The Labute approximate surface area is 192 Å². The van der Waals surface area contributed by atoms with Crippen molar-refractivity contribution >= 4 is 17.7 Å². The lowest BCUT2D eigenvalue weighted by molar-refractivity contribution is -0.147. The van der Waals surface area contributed by atoms with E-state index in [1.54, 1.807) is 10.9 Å². The third-order valence-electron chi connectivity index (χ3n) is 7.07. The third kappa shape index (κ3) is 4.48. The second-order valence-corrected chi connectivity index (χ2v) is 11.0. The van der Waals surface area contributed by atoms with Crippen molar-refractivity contribution in [1.82, 2.24) is 25.2 Å². The van der Waals surface area contributed by atoms with Gasteiger partial charge in [0.05, 0.1) is 11.8 Å². The van der Waals surface area contributed by atoms with E-state index in [0.717, 1.165) is 18.5 Å². The molecular formula is C22H34N6O5. The number of amides is 3. The molecule has 11 nitrogen and oxygen atoms in total. The largest absolute Gasteiger partial charge is 0.396 e. The lowest BCUT2D eigenvalue weighted by atomic mass is 9.68. The number of β-amino-alcohol motifs (C(OH)–C–C–N with tert-alkyl or cyclic N) is 1. The lowest BCUT2D eigenvalue weighted by Crippen LogP contribution is -2.67. The first kappa shape index (κ1) is 23.6. The van der Waals surface area contributed by atoms with Gasteiger partial charge in [-0.1, -0.05) is 26.0 Å². The summed E-state index contributed by atoms with van der Waals surface area (Å²) in [5.41, 5.74) is 4.64. The summed E-state index contributed by atoms with van der Waals surface area (Å²) in [6.07, 6.45) is 3.63. The number of carbonyl (C=O) groups excluding carboxylic acids is 3. The molecule has 0 bridgehead atoms. The Hall–Kier alpha value is -2.53. The van der Waals surface area contributed by atoms with Crippen LogP contribution in [0.2, 0.25) is 0 Å². The predicted octanol–water partition coefficient (Wildman–Crippen LogP) is -0.553. The lowest BCUT2D eigenvalue weighted by Gasteiger charge is -2.45. The summed E-state index contributed by atoms with van der Waals surface area (Å²) in [5.74, 6) is -1.25. The topological polar surface area (TPSA) is 164 Å². The summed E-state index contributed by atoms with van der Waals surface area (Å²) in [4.78, 5) is 40.4. The van der Waals surface area contributed by atoms with Gasteiger partial charge in [-0.2, -0.15) is 0 Å². The van der Waals surface area contributed by atoms with Crippen molar-refractivity contribution in [1.29, 1.82) is 0 Å². The Kier molecular flexibility index (Phi) is 5.98. The van der Waals surface area contributed by atoms with Crippen LogP contribution in [0.3, 0.4) is 0 Å². The van der Waals surface area contributed by atoms with Gasteiger partial charge in [-0.25, -0.2) is 4.68 Å². The molecule has 1 saturated heterocycles. The van der Waals surface area contributed by atoms with Gasteiger partial charge < -0.3 is 26.2 Å². The number of likely N-dealkylation sites (tertiary alicyclic amines) is 1. The van der Waals surface area contributed by atoms with Gasteiger partial charge in [-0.3, -0.25) is 14.4 Å². The Morgan fingerprint density at radius 2 is 1.97 bits per heavy atom. The fraction of sp³-hybridized carbons (Fsp3) is 0.773. The van der Waals surface area contributed by atoms with E-state index in [0.29, 0.717) is 5.92 Å². The van der Waals surface area contributed by atoms with Crippen LogP contribution in [0.5, 0.6) is 0 Å². The molecule has 0 spiro atoms. The van der Waals surface area contributed by atoms with Crippen LogP contribution in [0.15, 0.2) is 6.20 Å². The smallest absolute Gasteiger partial charge is 0.248 e. The molecule has 33 heavy (non-hydrogen) atoms. The van der Waals surface area contributed by atoms with E-state index in [9.17, 15) is 24.6 Å². The maximum Gasteiger partial charge on any atom is 0.248 e. The molecule has 5 N–H and O–H groups in total. The third-order valence-corrected chi connectivity index (χ3v) is 7.07. The number of aromatic nitrogens is 3. The second-order valence-electron chi connectivity index (χ2n) is 11.0. The summed E-state index contributed by atoms with van der Waals surface area (Å²) >= 11 is 0. The molecule has 0 aromatic carbocycles. The highest BCUT2D eigenvalue weighted by atomic mass is 16.3. The van der Waals surface area contributed by atoms with Crippen molar-refractivity contribution in [2.75, 3.05) is 13.2 Å². The van der Waals surface area contributed by atoms with E-state index in [-0.39, 0.29) is 44.2 Å². The highest BCUT2D eigenvalue weighted by Gasteiger charge is 2.52.